The van der Waals surface area contributed by atoms with Crippen molar-refractivity contribution in [3.63, 3.8) is 0 Å². The van der Waals surface area contributed by atoms with Crippen LogP contribution in [0, 0.1) is 17.8 Å². The third-order valence-corrected chi connectivity index (χ3v) is 10.6. The highest BCUT2D eigenvalue weighted by atomic mass is 79.9. The van der Waals surface area contributed by atoms with Gasteiger partial charge < -0.3 is 4.90 Å². The molecular formula is C25H37BrF2N2O2S. The molecule has 1 saturated heterocycles. The number of nitrogens with zero attached hydrogens (tertiary/aromatic N) is 1. The fourth-order valence-electron chi connectivity index (χ4n) is 6.65. The molecule has 3 saturated carbocycles. The summed E-state index contributed by atoms with van der Waals surface area (Å²) < 4.78 is 54.2. The molecule has 5 rings (SSSR count). The van der Waals surface area contributed by atoms with E-state index in [0.717, 1.165) is 51.7 Å². The van der Waals surface area contributed by atoms with Crippen LogP contribution < -0.4 is 4.72 Å². The predicted octanol–water partition coefficient (Wildman–Crippen LogP) is 5.98. The number of nitrogens with one attached hydrogen (secondary N) is 1. The number of sulfonamides is 1. The number of anilines is 1. The van der Waals surface area contributed by atoms with Crippen LogP contribution in [-0.4, -0.2) is 44.1 Å². The van der Waals surface area contributed by atoms with Crippen LogP contribution in [-0.2, 0) is 15.4 Å². The average Bonchev–Trinajstić information content (AvgIpc) is 3.66. The van der Waals surface area contributed by atoms with Crippen LogP contribution in [0.3, 0.4) is 0 Å². The van der Waals surface area contributed by atoms with Crippen molar-refractivity contribution >= 4 is 32.7 Å². The summed E-state index contributed by atoms with van der Waals surface area (Å²) in [6.45, 7) is 5.52. The lowest BCUT2D eigenvalue weighted by Gasteiger charge is -2.29. The molecule has 4 aliphatic rings. The SMILES string of the molecule is Br.CC[C@@]1(c2cccc(NS(=O)(=O)C3CC3)c2)[C@@H]2CN(CCCC3CCC(F)(F)CC3)C[C@@H]21. The summed E-state index contributed by atoms with van der Waals surface area (Å²) in [6.07, 6.45) is 6.28. The van der Waals surface area contributed by atoms with Gasteiger partial charge in [-0.25, -0.2) is 17.2 Å². The van der Waals surface area contributed by atoms with Crippen molar-refractivity contribution in [2.24, 2.45) is 17.8 Å². The molecule has 8 heteroatoms. The van der Waals surface area contributed by atoms with Gasteiger partial charge in [0.15, 0.2) is 0 Å². The summed E-state index contributed by atoms with van der Waals surface area (Å²) in [5.74, 6) is -0.679. The summed E-state index contributed by atoms with van der Waals surface area (Å²) in [4.78, 5) is 2.56. The Morgan fingerprint density at radius 1 is 1.09 bits per heavy atom. The minimum absolute atomic E-state index is 0. The van der Waals surface area contributed by atoms with E-state index < -0.39 is 15.9 Å². The van der Waals surface area contributed by atoms with Gasteiger partial charge in [-0.1, -0.05) is 19.1 Å². The zero-order valence-electron chi connectivity index (χ0n) is 19.4. The highest BCUT2D eigenvalue weighted by Crippen LogP contribution is 2.65. The number of benzene rings is 1. The number of halogens is 3. The smallest absolute Gasteiger partial charge is 0.248 e. The zero-order valence-corrected chi connectivity index (χ0v) is 22.0. The first-order valence-corrected chi connectivity index (χ1v) is 14.0. The largest absolute Gasteiger partial charge is 0.303 e. The molecule has 0 spiro atoms. The first-order chi connectivity index (χ1) is 15.2. The van der Waals surface area contributed by atoms with Crippen LogP contribution in [0.5, 0.6) is 0 Å². The quantitative estimate of drug-likeness (QED) is 0.414. The maximum absolute atomic E-state index is 13.3. The number of hydrogen-bond donors (Lipinski definition) is 1. The van der Waals surface area contributed by atoms with Gasteiger partial charge in [-0.2, -0.15) is 0 Å². The van der Waals surface area contributed by atoms with E-state index in [0.29, 0.717) is 36.3 Å². The fourth-order valence-corrected chi connectivity index (χ4v) is 8.02. The minimum Gasteiger partial charge on any atom is -0.303 e. The number of rotatable bonds is 9. The predicted molar refractivity (Wildman–Crippen MR) is 134 cm³/mol. The van der Waals surface area contributed by atoms with Crippen LogP contribution in [0.2, 0.25) is 0 Å². The van der Waals surface area contributed by atoms with Crippen LogP contribution in [0.25, 0.3) is 0 Å². The number of piperidine rings is 1. The normalized spacial score (nSPS) is 31.6. The third kappa shape index (κ3) is 5.13. The van der Waals surface area contributed by atoms with E-state index in [4.69, 9.17) is 0 Å². The maximum Gasteiger partial charge on any atom is 0.248 e. The van der Waals surface area contributed by atoms with Crippen molar-refractivity contribution in [2.75, 3.05) is 24.4 Å². The van der Waals surface area contributed by atoms with Gasteiger partial charge in [0.25, 0.3) is 0 Å². The number of fused-ring (bicyclic) bond motifs is 1. The van der Waals surface area contributed by atoms with Gasteiger partial charge in [0.05, 0.1) is 5.25 Å². The summed E-state index contributed by atoms with van der Waals surface area (Å²) in [6, 6.07) is 8.07. The van der Waals surface area contributed by atoms with Crippen LogP contribution in [0.15, 0.2) is 24.3 Å². The van der Waals surface area contributed by atoms with Crippen molar-refractivity contribution in [3.05, 3.63) is 29.8 Å². The van der Waals surface area contributed by atoms with Gasteiger partial charge in [0, 0.05) is 37.0 Å². The number of likely N-dealkylation sites (tertiary alicyclic amines) is 1. The topological polar surface area (TPSA) is 49.4 Å². The van der Waals surface area contributed by atoms with Crippen molar-refractivity contribution in [1.82, 2.24) is 4.90 Å². The first-order valence-electron chi connectivity index (χ1n) is 12.5. The highest BCUT2D eigenvalue weighted by molar-refractivity contribution is 8.93. The number of alkyl halides is 2. The molecule has 186 valence electrons. The molecule has 0 aromatic heterocycles. The Labute approximate surface area is 207 Å². The Morgan fingerprint density at radius 2 is 1.76 bits per heavy atom. The van der Waals surface area contributed by atoms with Crippen molar-refractivity contribution < 1.29 is 17.2 Å². The van der Waals surface area contributed by atoms with E-state index in [1.54, 1.807) is 0 Å². The van der Waals surface area contributed by atoms with Gasteiger partial charge in [-0.15, -0.1) is 17.0 Å². The summed E-state index contributed by atoms with van der Waals surface area (Å²) in [5, 5.41) is -0.217. The highest BCUT2D eigenvalue weighted by Gasteiger charge is 2.67. The van der Waals surface area contributed by atoms with Gasteiger partial charge >= 0.3 is 0 Å². The minimum atomic E-state index is -3.24. The Kier molecular flexibility index (Phi) is 7.21. The second-order valence-electron chi connectivity index (χ2n) is 10.7. The molecule has 1 N–H and O–H groups in total. The monoisotopic (exact) mass is 546 g/mol. The Bertz CT molecular complexity index is 931. The second kappa shape index (κ2) is 9.38. The Morgan fingerprint density at radius 3 is 2.36 bits per heavy atom. The lowest BCUT2D eigenvalue weighted by atomic mass is 9.84. The second-order valence-corrected chi connectivity index (χ2v) is 12.7. The molecule has 0 radical (unpaired) electrons. The molecule has 3 atom stereocenters. The van der Waals surface area contributed by atoms with Crippen molar-refractivity contribution in [2.45, 2.75) is 81.3 Å². The molecule has 33 heavy (non-hydrogen) atoms. The van der Waals surface area contributed by atoms with E-state index in [2.05, 4.69) is 28.7 Å². The maximum atomic E-state index is 13.3. The van der Waals surface area contributed by atoms with Gasteiger partial charge in [-0.05, 0) is 86.9 Å². The van der Waals surface area contributed by atoms with E-state index in [1.165, 1.54) is 5.56 Å². The van der Waals surface area contributed by atoms with Crippen LogP contribution in [0.4, 0.5) is 14.5 Å². The first kappa shape index (κ1) is 25.4. The molecule has 4 fully saturated rings. The molecule has 3 aliphatic carbocycles. The molecule has 4 nitrogen and oxygen atoms in total. The average molecular weight is 548 g/mol. The molecule has 0 bridgehead atoms. The van der Waals surface area contributed by atoms with E-state index in [1.807, 2.05) is 12.1 Å². The molecular weight excluding hydrogens is 510 g/mol. The van der Waals surface area contributed by atoms with E-state index in [-0.39, 0.29) is 40.5 Å². The summed E-state index contributed by atoms with van der Waals surface area (Å²) in [5.41, 5.74) is 2.14. The standard InChI is InChI=1S/C25H36F2N2O2S.BrH/c1-2-25(19-6-3-7-20(15-19)28-32(30,31)21-8-9-21)22-16-29(17-23(22)25)14-4-5-18-10-12-24(26,27)13-11-18;/h3,6-7,15,18,21-23,28H,2,4-5,8-14,16-17H2,1H3;1H/t22-,23+,25-;. The molecule has 1 aromatic carbocycles. The fraction of sp³-hybridized carbons (Fsp3) is 0.760. The Hall–Kier alpha value is -0.730. The molecule has 1 aliphatic heterocycles. The van der Waals surface area contributed by atoms with Gasteiger partial charge in [-0.3, -0.25) is 4.72 Å². The number of hydrogen-bond acceptors (Lipinski definition) is 3. The lowest BCUT2D eigenvalue weighted by molar-refractivity contribution is -0.0468. The molecule has 0 unspecified atom stereocenters. The van der Waals surface area contributed by atoms with Crippen molar-refractivity contribution in [3.8, 4) is 0 Å². The van der Waals surface area contributed by atoms with Crippen LogP contribution >= 0.6 is 17.0 Å². The van der Waals surface area contributed by atoms with E-state index >= 15 is 0 Å². The van der Waals surface area contributed by atoms with Gasteiger partial charge in [0.2, 0.25) is 15.9 Å². The van der Waals surface area contributed by atoms with Gasteiger partial charge in [0.1, 0.15) is 0 Å². The molecule has 1 heterocycles. The summed E-state index contributed by atoms with van der Waals surface area (Å²) in [7, 11) is -3.24. The summed E-state index contributed by atoms with van der Waals surface area (Å²) >= 11 is 0. The zero-order chi connectivity index (χ0) is 22.6. The van der Waals surface area contributed by atoms with Crippen molar-refractivity contribution in [1.29, 1.82) is 0 Å². The molecule has 0 amide bonds. The lowest BCUT2D eigenvalue weighted by Crippen LogP contribution is -2.31. The molecule has 1 aromatic rings. The van der Waals surface area contributed by atoms with Crippen LogP contribution in [0.1, 0.15) is 70.3 Å². The Balaban J connectivity index is 0.00000259. The third-order valence-electron chi connectivity index (χ3n) is 8.74. The van der Waals surface area contributed by atoms with E-state index in [9.17, 15) is 17.2 Å².